The second kappa shape index (κ2) is 6.32. The molecule has 0 aliphatic rings. The highest BCUT2D eigenvalue weighted by molar-refractivity contribution is 9.10. The number of benzene rings is 1. The van der Waals surface area contributed by atoms with Crippen LogP contribution < -0.4 is 0 Å². The fraction of sp³-hybridized carbons (Fsp3) is 0.429. The van der Waals surface area contributed by atoms with Crippen LogP contribution in [0.3, 0.4) is 0 Å². The lowest BCUT2D eigenvalue weighted by Crippen LogP contribution is -2.30. The number of fused-ring (bicyclic) bond motifs is 1. The molecule has 1 heterocycles. The van der Waals surface area contributed by atoms with E-state index in [4.69, 9.17) is 11.6 Å². The molecule has 0 aliphatic carbocycles. The molecular weight excluding hydrogens is 361 g/mol. The Labute approximate surface area is 136 Å². The van der Waals surface area contributed by atoms with Crippen LogP contribution in [0.15, 0.2) is 16.6 Å². The summed E-state index contributed by atoms with van der Waals surface area (Å²) in [7, 11) is 1.72. The third-order valence-electron chi connectivity index (χ3n) is 3.37. The minimum atomic E-state index is -0.395. The van der Waals surface area contributed by atoms with Crippen molar-refractivity contribution in [1.29, 1.82) is 0 Å². The van der Waals surface area contributed by atoms with Gasteiger partial charge in [-0.1, -0.05) is 0 Å². The molecule has 1 unspecified atom stereocenters. The number of halogens is 3. The van der Waals surface area contributed by atoms with Gasteiger partial charge in [0, 0.05) is 19.7 Å². The van der Waals surface area contributed by atoms with Crippen molar-refractivity contribution in [2.24, 2.45) is 0 Å². The first-order chi connectivity index (χ1) is 9.85. The molecule has 0 N–H and O–H groups in total. The molecule has 2 aromatic rings. The lowest BCUT2D eigenvalue weighted by Gasteiger charge is -2.17. The number of likely N-dealkylation sites (N-methyl/N-ethyl adjacent to an activating group) is 1. The van der Waals surface area contributed by atoms with Gasteiger partial charge in [0.05, 0.1) is 20.9 Å². The Morgan fingerprint density at radius 1 is 1.57 bits per heavy atom. The zero-order chi connectivity index (χ0) is 15.7. The van der Waals surface area contributed by atoms with Crippen LogP contribution in [0.25, 0.3) is 11.0 Å². The SMILES string of the molecule is CCN(C)C(=O)Cn1c(C(C)Cl)nc2cc(Br)c(F)cc21. The smallest absolute Gasteiger partial charge is 0.242 e. The molecule has 1 aromatic heterocycles. The summed E-state index contributed by atoms with van der Waals surface area (Å²) in [5.41, 5.74) is 1.17. The van der Waals surface area contributed by atoms with Crippen molar-refractivity contribution in [3.05, 3.63) is 28.2 Å². The molecule has 21 heavy (non-hydrogen) atoms. The van der Waals surface area contributed by atoms with Crippen molar-refractivity contribution >= 4 is 44.5 Å². The van der Waals surface area contributed by atoms with Crippen molar-refractivity contribution in [3.8, 4) is 0 Å². The van der Waals surface area contributed by atoms with Gasteiger partial charge >= 0.3 is 0 Å². The van der Waals surface area contributed by atoms with Crippen LogP contribution in [-0.2, 0) is 11.3 Å². The molecule has 0 saturated heterocycles. The van der Waals surface area contributed by atoms with Crippen molar-refractivity contribution in [2.75, 3.05) is 13.6 Å². The summed E-state index contributed by atoms with van der Waals surface area (Å²) in [6, 6.07) is 2.96. The van der Waals surface area contributed by atoms with Gasteiger partial charge in [-0.3, -0.25) is 4.79 Å². The molecule has 4 nitrogen and oxygen atoms in total. The maximum absolute atomic E-state index is 13.8. The number of imidazole rings is 1. The van der Waals surface area contributed by atoms with Gasteiger partial charge in [-0.2, -0.15) is 0 Å². The molecule has 0 fully saturated rings. The Bertz CT molecular complexity index is 686. The van der Waals surface area contributed by atoms with E-state index in [9.17, 15) is 9.18 Å². The largest absolute Gasteiger partial charge is 0.344 e. The predicted molar refractivity (Wildman–Crippen MR) is 85.0 cm³/mol. The summed E-state index contributed by atoms with van der Waals surface area (Å²) in [6.07, 6.45) is 0. The number of carbonyl (C=O) groups excluding carboxylic acids is 1. The van der Waals surface area contributed by atoms with Gasteiger partial charge in [0.25, 0.3) is 0 Å². The fourth-order valence-corrected chi connectivity index (χ4v) is 2.54. The average molecular weight is 377 g/mol. The zero-order valence-corrected chi connectivity index (χ0v) is 14.4. The summed E-state index contributed by atoms with van der Waals surface area (Å²) in [6.45, 7) is 4.37. The molecule has 0 saturated carbocycles. The lowest BCUT2D eigenvalue weighted by molar-refractivity contribution is -0.130. The van der Waals surface area contributed by atoms with Crippen LogP contribution in [0, 0.1) is 5.82 Å². The van der Waals surface area contributed by atoms with Crippen LogP contribution in [0.2, 0.25) is 0 Å². The molecule has 0 aliphatic heterocycles. The maximum atomic E-state index is 13.8. The Balaban J connectivity index is 2.56. The number of nitrogens with zero attached hydrogens (tertiary/aromatic N) is 3. The van der Waals surface area contributed by atoms with Gasteiger partial charge in [-0.25, -0.2) is 9.37 Å². The van der Waals surface area contributed by atoms with Gasteiger partial charge in [0.2, 0.25) is 5.91 Å². The van der Waals surface area contributed by atoms with Gasteiger partial charge < -0.3 is 9.47 Å². The second-order valence-electron chi connectivity index (χ2n) is 4.84. The maximum Gasteiger partial charge on any atom is 0.242 e. The van der Waals surface area contributed by atoms with Crippen LogP contribution in [0.1, 0.15) is 25.0 Å². The Hall–Kier alpha value is -1.14. The molecule has 1 amide bonds. The van der Waals surface area contributed by atoms with Gasteiger partial charge in [-0.15, -0.1) is 11.6 Å². The molecule has 1 aromatic carbocycles. The van der Waals surface area contributed by atoms with Gasteiger partial charge in [0.15, 0.2) is 0 Å². The summed E-state index contributed by atoms with van der Waals surface area (Å²) in [5.74, 6) is 0.0921. The Kier molecular flexibility index (Phi) is 4.88. The van der Waals surface area contributed by atoms with E-state index < -0.39 is 5.82 Å². The van der Waals surface area contributed by atoms with E-state index in [1.165, 1.54) is 6.07 Å². The third kappa shape index (κ3) is 3.21. The standard InChI is InChI=1S/C14H16BrClFN3O/c1-4-19(3)13(21)7-20-12-6-10(17)9(15)5-11(12)18-14(20)8(2)16/h5-6,8H,4,7H2,1-3H3. The highest BCUT2D eigenvalue weighted by Crippen LogP contribution is 2.28. The lowest BCUT2D eigenvalue weighted by atomic mass is 10.3. The van der Waals surface area contributed by atoms with Gasteiger partial charge in [-0.05, 0) is 35.8 Å². The van der Waals surface area contributed by atoms with Crippen LogP contribution in [0.4, 0.5) is 4.39 Å². The first kappa shape index (κ1) is 16.2. The summed E-state index contributed by atoms with van der Waals surface area (Å²) in [5, 5.41) is -0.376. The van der Waals surface area contributed by atoms with Crippen molar-refractivity contribution in [1.82, 2.24) is 14.5 Å². The average Bonchev–Trinajstić information content (AvgIpc) is 2.76. The van der Waals surface area contributed by atoms with Crippen LogP contribution in [0.5, 0.6) is 0 Å². The highest BCUT2D eigenvalue weighted by Gasteiger charge is 2.19. The molecule has 2 rings (SSSR count). The number of hydrogen-bond acceptors (Lipinski definition) is 2. The van der Waals surface area contributed by atoms with Crippen molar-refractivity contribution < 1.29 is 9.18 Å². The van der Waals surface area contributed by atoms with E-state index in [-0.39, 0.29) is 17.8 Å². The molecular formula is C14H16BrClFN3O. The fourth-order valence-electron chi connectivity index (χ4n) is 2.04. The van der Waals surface area contributed by atoms with E-state index in [1.807, 2.05) is 6.92 Å². The Morgan fingerprint density at radius 3 is 2.81 bits per heavy atom. The Morgan fingerprint density at radius 2 is 2.24 bits per heavy atom. The second-order valence-corrected chi connectivity index (χ2v) is 6.34. The topological polar surface area (TPSA) is 38.1 Å². The number of aromatic nitrogens is 2. The molecule has 0 bridgehead atoms. The summed E-state index contributed by atoms with van der Waals surface area (Å²) >= 11 is 9.28. The number of hydrogen-bond donors (Lipinski definition) is 0. The first-order valence-electron chi connectivity index (χ1n) is 6.58. The number of rotatable bonds is 4. The third-order valence-corrected chi connectivity index (χ3v) is 4.17. The van der Waals surface area contributed by atoms with E-state index in [2.05, 4.69) is 20.9 Å². The highest BCUT2D eigenvalue weighted by atomic mass is 79.9. The first-order valence-corrected chi connectivity index (χ1v) is 7.81. The van der Waals surface area contributed by atoms with E-state index in [0.29, 0.717) is 27.9 Å². The van der Waals surface area contributed by atoms with Crippen molar-refractivity contribution in [3.63, 3.8) is 0 Å². The molecule has 1 atom stereocenters. The van der Waals surface area contributed by atoms with Gasteiger partial charge in [0.1, 0.15) is 18.2 Å². The normalized spacial score (nSPS) is 12.7. The molecule has 7 heteroatoms. The van der Waals surface area contributed by atoms with E-state index in [0.717, 1.165) is 0 Å². The minimum absolute atomic E-state index is 0.0707. The molecule has 0 radical (unpaired) electrons. The zero-order valence-electron chi connectivity index (χ0n) is 12.0. The van der Waals surface area contributed by atoms with Crippen molar-refractivity contribution in [2.45, 2.75) is 25.8 Å². The summed E-state index contributed by atoms with van der Waals surface area (Å²) in [4.78, 5) is 18.2. The predicted octanol–water partition coefficient (Wildman–Crippen LogP) is 3.72. The van der Waals surface area contributed by atoms with Crippen LogP contribution >= 0.6 is 27.5 Å². The van der Waals surface area contributed by atoms with E-state index >= 15 is 0 Å². The number of amides is 1. The summed E-state index contributed by atoms with van der Waals surface area (Å²) < 4.78 is 15.8. The molecule has 114 valence electrons. The quantitative estimate of drug-likeness (QED) is 0.763. The monoisotopic (exact) mass is 375 g/mol. The minimum Gasteiger partial charge on any atom is -0.344 e. The number of alkyl halides is 1. The number of carbonyl (C=O) groups is 1. The molecule has 0 spiro atoms. The van der Waals surface area contributed by atoms with Crippen LogP contribution in [-0.4, -0.2) is 34.0 Å². The van der Waals surface area contributed by atoms with E-state index in [1.54, 1.807) is 29.5 Å².